The molecular formula is C11H17N5O3. The molecule has 1 saturated heterocycles. The van der Waals surface area contributed by atoms with Crippen LogP contribution in [-0.2, 0) is 11.3 Å². The molecule has 3 N–H and O–H groups in total. The van der Waals surface area contributed by atoms with Crippen LogP contribution in [0.4, 0.5) is 0 Å². The number of hydrogen-bond acceptors (Lipinski definition) is 5. The van der Waals surface area contributed by atoms with Gasteiger partial charge in [-0.3, -0.25) is 14.3 Å². The zero-order chi connectivity index (χ0) is 14.0. The first kappa shape index (κ1) is 13.5. The first-order chi connectivity index (χ1) is 9.02. The Bertz CT molecular complexity index is 480. The molecule has 1 atom stereocenters. The van der Waals surface area contributed by atoms with Gasteiger partial charge in [0, 0.05) is 25.6 Å². The molecule has 0 aromatic carbocycles. The van der Waals surface area contributed by atoms with Crippen molar-refractivity contribution < 1.29 is 14.7 Å². The third-order valence-electron chi connectivity index (χ3n) is 3.41. The second-order valence-electron chi connectivity index (χ2n) is 4.75. The summed E-state index contributed by atoms with van der Waals surface area (Å²) in [6.07, 6.45) is 1.56. The van der Waals surface area contributed by atoms with Crippen LogP contribution in [0.3, 0.4) is 0 Å². The standard InChI is InChI=1S/C11H17N5O3/c1-7(11(18)19)8-4-15(5-8)10(17)9-6-16(3-2-12)14-13-9/h6-8H,2-5,12H2,1H3,(H,18,19). The van der Waals surface area contributed by atoms with E-state index in [-0.39, 0.29) is 17.5 Å². The second kappa shape index (κ2) is 5.35. The Hall–Kier alpha value is -1.96. The van der Waals surface area contributed by atoms with Crippen LogP contribution in [0.15, 0.2) is 6.20 Å². The van der Waals surface area contributed by atoms with Crippen LogP contribution in [-0.4, -0.2) is 56.5 Å². The molecule has 104 valence electrons. The molecule has 1 aliphatic rings. The first-order valence-corrected chi connectivity index (χ1v) is 6.15. The average molecular weight is 267 g/mol. The third-order valence-corrected chi connectivity index (χ3v) is 3.41. The fourth-order valence-corrected chi connectivity index (χ4v) is 2.00. The number of carbonyl (C=O) groups excluding carboxylic acids is 1. The summed E-state index contributed by atoms with van der Waals surface area (Å²) in [6, 6.07) is 0. The maximum absolute atomic E-state index is 12.0. The van der Waals surface area contributed by atoms with Crippen molar-refractivity contribution in [3.05, 3.63) is 11.9 Å². The van der Waals surface area contributed by atoms with Crippen LogP contribution in [0.5, 0.6) is 0 Å². The quantitative estimate of drug-likeness (QED) is 0.709. The number of hydrogen-bond donors (Lipinski definition) is 2. The number of carboxylic acid groups (broad SMARTS) is 1. The third kappa shape index (κ3) is 2.73. The van der Waals surface area contributed by atoms with Crippen LogP contribution in [0, 0.1) is 11.8 Å². The molecule has 8 heteroatoms. The highest BCUT2D eigenvalue weighted by molar-refractivity contribution is 5.92. The van der Waals surface area contributed by atoms with Crippen LogP contribution in [0.25, 0.3) is 0 Å². The van der Waals surface area contributed by atoms with Crippen molar-refractivity contribution in [2.75, 3.05) is 19.6 Å². The van der Waals surface area contributed by atoms with Gasteiger partial charge in [-0.1, -0.05) is 12.1 Å². The van der Waals surface area contributed by atoms with Crippen molar-refractivity contribution in [2.24, 2.45) is 17.6 Å². The Morgan fingerprint density at radius 3 is 2.84 bits per heavy atom. The number of amides is 1. The lowest BCUT2D eigenvalue weighted by Crippen LogP contribution is -2.53. The van der Waals surface area contributed by atoms with E-state index in [0.717, 1.165) is 0 Å². The summed E-state index contributed by atoms with van der Waals surface area (Å²) in [6.45, 7) is 3.51. The van der Waals surface area contributed by atoms with Crippen LogP contribution >= 0.6 is 0 Å². The fourth-order valence-electron chi connectivity index (χ4n) is 2.00. The highest BCUT2D eigenvalue weighted by atomic mass is 16.4. The molecule has 1 unspecified atom stereocenters. The van der Waals surface area contributed by atoms with Crippen molar-refractivity contribution in [1.82, 2.24) is 19.9 Å². The lowest BCUT2D eigenvalue weighted by atomic mass is 9.87. The zero-order valence-electron chi connectivity index (χ0n) is 10.7. The Kier molecular flexibility index (Phi) is 3.79. The lowest BCUT2D eigenvalue weighted by Gasteiger charge is -2.40. The van der Waals surface area contributed by atoms with Crippen molar-refractivity contribution in [1.29, 1.82) is 0 Å². The smallest absolute Gasteiger partial charge is 0.306 e. The van der Waals surface area contributed by atoms with E-state index in [2.05, 4.69) is 10.3 Å². The molecular weight excluding hydrogens is 250 g/mol. The Morgan fingerprint density at radius 2 is 2.26 bits per heavy atom. The maximum Gasteiger partial charge on any atom is 0.306 e. The molecule has 1 amide bonds. The molecule has 0 aliphatic carbocycles. The van der Waals surface area contributed by atoms with Gasteiger partial charge in [0.1, 0.15) is 0 Å². The largest absolute Gasteiger partial charge is 0.481 e. The topological polar surface area (TPSA) is 114 Å². The van der Waals surface area contributed by atoms with Gasteiger partial charge in [0.2, 0.25) is 0 Å². The van der Waals surface area contributed by atoms with E-state index >= 15 is 0 Å². The van der Waals surface area contributed by atoms with Gasteiger partial charge in [-0.2, -0.15) is 0 Å². The van der Waals surface area contributed by atoms with Gasteiger partial charge in [0.25, 0.3) is 5.91 Å². The van der Waals surface area contributed by atoms with Gasteiger partial charge < -0.3 is 15.7 Å². The van der Waals surface area contributed by atoms with Crippen molar-refractivity contribution >= 4 is 11.9 Å². The average Bonchev–Trinajstić information content (AvgIpc) is 2.75. The highest BCUT2D eigenvalue weighted by Crippen LogP contribution is 2.25. The second-order valence-corrected chi connectivity index (χ2v) is 4.75. The summed E-state index contributed by atoms with van der Waals surface area (Å²) in [7, 11) is 0. The van der Waals surface area contributed by atoms with Crippen LogP contribution in [0.1, 0.15) is 17.4 Å². The molecule has 1 aromatic heterocycles. The molecule has 2 rings (SSSR count). The van der Waals surface area contributed by atoms with Gasteiger partial charge in [-0.25, -0.2) is 0 Å². The SMILES string of the molecule is CC(C(=O)O)C1CN(C(=O)c2cn(CCN)nn2)C1. The van der Waals surface area contributed by atoms with Crippen molar-refractivity contribution in [3.8, 4) is 0 Å². The summed E-state index contributed by atoms with van der Waals surface area (Å²) < 4.78 is 1.52. The maximum atomic E-state index is 12.0. The minimum absolute atomic E-state index is 0.0144. The Balaban J connectivity index is 1.90. The normalized spacial score (nSPS) is 17.1. The fraction of sp³-hybridized carbons (Fsp3) is 0.636. The van der Waals surface area contributed by atoms with Gasteiger partial charge in [-0.15, -0.1) is 5.10 Å². The molecule has 1 aliphatic heterocycles. The highest BCUT2D eigenvalue weighted by Gasteiger charge is 2.38. The zero-order valence-corrected chi connectivity index (χ0v) is 10.7. The molecule has 1 aromatic rings. The van der Waals surface area contributed by atoms with E-state index in [9.17, 15) is 9.59 Å². The Labute approximate surface area is 110 Å². The summed E-state index contributed by atoms with van der Waals surface area (Å²) in [5.41, 5.74) is 5.66. The lowest BCUT2D eigenvalue weighted by molar-refractivity contribution is -0.144. The van der Waals surface area contributed by atoms with Crippen LogP contribution in [0.2, 0.25) is 0 Å². The Morgan fingerprint density at radius 1 is 1.58 bits per heavy atom. The molecule has 2 heterocycles. The molecule has 0 saturated carbocycles. The van der Waals surface area contributed by atoms with Crippen molar-refractivity contribution in [2.45, 2.75) is 13.5 Å². The minimum atomic E-state index is -0.828. The molecule has 8 nitrogen and oxygen atoms in total. The predicted molar refractivity (Wildman–Crippen MR) is 65.3 cm³/mol. The monoisotopic (exact) mass is 267 g/mol. The van der Waals surface area contributed by atoms with E-state index in [0.29, 0.717) is 26.2 Å². The molecule has 0 bridgehead atoms. The number of nitrogens with two attached hydrogens (primary N) is 1. The molecule has 0 radical (unpaired) electrons. The van der Waals surface area contributed by atoms with Gasteiger partial charge in [0.15, 0.2) is 5.69 Å². The predicted octanol–water partition coefficient (Wildman–Crippen LogP) is -0.970. The van der Waals surface area contributed by atoms with E-state index in [4.69, 9.17) is 10.8 Å². The van der Waals surface area contributed by atoms with Gasteiger partial charge in [-0.05, 0) is 0 Å². The number of aliphatic carboxylic acids is 1. The molecule has 1 fully saturated rings. The summed E-state index contributed by atoms with van der Waals surface area (Å²) in [5.74, 6) is -1.46. The number of likely N-dealkylation sites (tertiary alicyclic amines) is 1. The molecule has 19 heavy (non-hydrogen) atoms. The van der Waals surface area contributed by atoms with Gasteiger partial charge in [0.05, 0.1) is 18.7 Å². The summed E-state index contributed by atoms with van der Waals surface area (Å²) in [5, 5.41) is 16.5. The van der Waals surface area contributed by atoms with Crippen LogP contribution < -0.4 is 5.73 Å². The first-order valence-electron chi connectivity index (χ1n) is 6.15. The minimum Gasteiger partial charge on any atom is -0.481 e. The van der Waals surface area contributed by atoms with Gasteiger partial charge >= 0.3 is 5.97 Å². The van der Waals surface area contributed by atoms with E-state index in [1.807, 2.05) is 0 Å². The summed E-state index contributed by atoms with van der Waals surface area (Å²) >= 11 is 0. The van der Waals surface area contributed by atoms with E-state index < -0.39 is 11.9 Å². The van der Waals surface area contributed by atoms with Crippen molar-refractivity contribution in [3.63, 3.8) is 0 Å². The summed E-state index contributed by atoms with van der Waals surface area (Å²) in [4.78, 5) is 24.4. The van der Waals surface area contributed by atoms with E-state index in [1.165, 1.54) is 4.68 Å². The number of nitrogens with zero attached hydrogens (tertiary/aromatic N) is 4. The number of carbonyl (C=O) groups is 2. The number of aromatic nitrogens is 3. The number of rotatable bonds is 5. The molecule has 0 spiro atoms. The van der Waals surface area contributed by atoms with E-state index in [1.54, 1.807) is 18.0 Å². The number of carboxylic acids is 1.